The van der Waals surface area contributed by atoms with Gasteiger partial charge in [-0.15, -0.1) is 23.2 Å². The first-order valence-electron chi connectivity index (χ1n) is 6.50. The number of nitro groups is 1. The van der Waals surface area contributed by atoms with E-state index in [-0.39, 0.29) is 30.5 Å². The minimum absolute atomic E-state index is 0.0298. The molecule has 0 fully saturated rings. The smallest absolute Gasteiger partial charge is 0.298 e. The molecular weight excluding hydrogens is 352 g/mol. The van der Waals surface area contributed by atoms with E-state index in [0.717, 1.165) is 0 Å². The SMILES string of the molecule is CC(OP(N)(=O)N(CCCl)CCCl)c1ccc([N+](=O)[O-])cc1. The Labute approximate surface area is 139 Å². The number of benzene rings is 1. The van der Waals surface area contributed by atoms with Gasteiger partial charge in [-0.2, -0.15) is 0 Å². The van der Waals surface area contributed by atoms with Gasteiger partial charge in [0.1, 0.15) is 0 Å². The normalized spacial score (nSPS) is 15.5. The lowest BCUT2D eigenvalue weighted by Gasteiger charge is -2.29. The van der Waals surface area contributed by atoms with Crippen molar-refractivity contribution in [1.29, 1.82) is 0 Å². The van der Waals surface area contributed by atoms with Crippen LogP contribution in [-0.4, -0.2) is 34.4 Å². The second-order valence-corrected chi connectivity index (χ2v) is 7.15. The second kappa shape index (κ2) is 8.82. The molecule has 0 bridgehead atoms. The molecule has 0 aliphatic heterocycles. The van der Waals surface area contributed by atoms with E-state index in [2.05, 4.69) is 0 Å². The Morgan fingerprint density at radius 1 is 1.32 bits per heavy atom. The van der Waals surface area contributed by atoms with Crippen molar-refractivity contribution in [2.45, 2.75) is 13.0 Å². The zero-order chi connectivity index (χ0) is 16.8. The molecule has 0 aliphatic rings. The molecule has 0 saturated carbocycles. The molecule has 0 radical (unpaired) electrons. The van der Waals surface area contributed by atoms with Crippen LogP contribution in [0.15, 0.2) is 24.3 Å². The van der Waals surface area contributed by atoms with Gasteiger partial charge >= 0.3 is 7.67 Å². The Morgan fingerprint density at radius 2 is 1.82 bits per heavy atom. The molecule has 22 heavy (non-hydrogen) atoms. The Bertz CT molecular complexity index is 538. The Balaban J connectivity index is 2.82. The van der Waals surface area contributed by atoms with Crippen molar-refractivity contribution in [1.82, 2.24) is 4.67 Å². The van der Waals surface area contributed by atoms with Crippen LogP contribution in [0.3, 0.4) is 0 Å². The van der Waals surface area contributed by atoms with Crippen molar-refractivity contribution in [3.05, 3.63) is 39.9 Å². The van der Waals surface area contributed by atoms with Gasteiger partial charge in [-0.25, -0.2) is 10.2 Å². The first-order chi connectivity index (χ1) is 10.3. The first kappa shape index (κ1) is 19.4. The Morgan fingerprint density at radius 3 is 2.23 bits per heavy atom. The van der Waals surface area contributed by atoms with E-state index >= 15 is 0 Å². The lowest BCUT2D eigenvalue weighted by molar-refractivity contribution is -0.384. The molecule has 0 amide bonds. The minimum Gasteiger partial charge on any atom is -0.298 e. The van der Waals surface area contributed by atoms with Crippen LogP contribution in [0.4, 0.5) is 5.69 Å². The molecule has 0 aliphatic carbocycles. The first-order valence-corrected chi connectivity index (χ1v) is 9.22. The number of nitro benzene ring substituents is 1. The lowest BCUT2D eigenvalue weighted by atomic mass is 10.1. The third-order valence-electron chi connectivity index (χ3n) is 2.96. The largest absolute Gasteiger partial charge is 0.341 e. The molecular formula is C12H18Cl2N3O4P. The molecule has 0 heterocycles. The van der Waals surface area contributed by atoms with E-state index in [1.807, 2.05) is 0 Å². The van der Waals surface area contributed by atoms with Crippen LogP contribution in [0, 0.1) is 10.1 Å². The summed E-state index contributed by atoms with van der Waals surface area (Å²) < 4.78 is 19.4. The molecule has 1 rings (SSSR count). The van der Waals surface area contributed by atoms with Crippen molar-refractivity contribution >= 4 is 36.6 Å². The van der Waals surface area contributed by atoms with Gasteiger partial charge in [-0.1, -0.05) is 0 Å². The standard InChI is InChI=1S/C12H18Cl2N3O4P/c1-10(11-2-4-12(5-3-11)17(18)19)21-22(15,20)16(8-6-13)9-7-14/h2-5,10H,6-9H2,1H3,(H2,15,20). The molecule has 10 heteroatoms. The van der Waals surface area contributed by atoms with E-state index in [1.54, 1.807) is 6.92 Å². The van der Waals surface area contributed by atoms with Gasteiger partial charge in [-0.05, 0) is 24.6 Å². The summed E-state index contributed by atoms with van der Waals surface area (Å²) in [5.41, 5.74) is 6.39. The predicted octanol–water partition coefficient (Wildman–Crippen LogP) is 3.52. The summed E-state index contributed by atoms with van der Waals surface area (Å²) in [6.45, 7) is 2.24. The summed E-state index contributed by atoms with van der Waals surface area (Å²) in [4.78, 5) is 10.1. The van der Waals surface area contributed by atoms with Crippen LogP contribution < -0.4 is 5.50 Å². The summed E-state index contributed by atoms with van der Waals surface area (Å²) in [5, 5.41) is 10.6. The Kier molecular flexibility index (Phi) is 7.76. The summed E-state index contributed by atoms with van der Waals surface area (Å²) >= 11 is 11.3. The average molecular weight is 370 g/mol. The third kappa shape index (κ3) is 5.50. The molecule has 2 atom stereocenters. The maximum atomic E-state index is 12.5. The lowest BCUT2D eigenvalue weighted by Crippen LogP contribution is -2.30. The number of non-ortho nitro benzene ring substituents is 1. The number of halogens is 2. The van der Waals surface area contributed by atoms with Crippen LogP contribution in [0.2, 0.25) is 0 Å². The summed E-state index contributed by atoms with van der Waals surface area (Å²) in [5.74, 6) is 0.487. The molecule has 2 unspecified atom stereocenters. The predicted molar refractivity (Wildman–Crippen MR) is 87.4 cm³/mol. The van der Waals surface area contributed by atoms with E-state index in [0.29, 0.717) is 5.56 Å². The fourth-order valence-corrected chi connectivity index (χ4v) is 3.92. The monoisotopic (exact) mass is 369 g/mol. The molecule has 124 valence electrons. The third-order valence-corrected chi connectivity index (χ3v) is 5.11. The van der Waals surface area contributed by atoms with Gasteiger partial charge in [0, 0.05) is 37.0 Å². The zero-order valence-electron chi connectivity index (χ0n) is 12.0. The number of hydrogen-bond acceptors (Lipinski definition) is 4. The quantitative estimate of drug-likeness (QED) is 0.309. The fourth-order valence-electron chi connectivity index (χ4n) is 1.81. The van der Waals surface area contributed by atoms with Gasteiger partial charge in [0.05, 0.1) is 11.0 Å². The number of rotatable bonds is 9. The van der Waals surface area contributed by atoms with Crippen LogP contribution in [-0.2, 0) is 9.09 Å². The van der Waals surface area contributed by atoms with Gasteiger partial charge < -0.3 is 0 Å². The molecule has 1 aromatic carbocycles. The molecule has 0 aromatic heterocycles. The summed E-state index contributed by atoms with van der Waals surface area (Å²) in [7, 11) is -3.56. The maximum Gasteiger partial charge on any atom is 0.341 e. The summed E-state index contributed by atoms with van der Waals surface area (Å²) in [6.07, 6.45) is -0.593. The van der Waals surface area contributed by atoms with Crippen LogP contribution in [0.5, 0.6) is 0 Å². The van der Waals surface area contributed by atoms with E-state index in [1.165, 1.54) is 28.9 Å². The number of alkyl halides is 2. The second-order valence-electron chi connectivity index (χ2n) is 4.49. The summed E-state index contributed by atoms with van der Waals surface area (Å²) in [6, 6.07) is 5.78. The highest BCUT2D eigenvalue weighted by Gasteiger charge is 2.29. The van der Waals surface area contributed by atoms with E-state index in [4.69, 9.17) is 33.2 Å². The average Bonchev–Trinajstić information content (AvgIpc) is 2.46. The van der Waals surface area contributed by atoms with Gasteiger partial charge in [-0.3, -0.25) is 19.2 Å². The van der Waals surface area contributed by atoms with E-state index < -0.39 is 18.7 Å². The fraction of sp³-hybridized carbons (Fsp3) is 0.500. The van der Waals surface area contributed by atoms with Crippen LogP contribution in [0.1, 0.15) is 18.6 Å². The zero-order valence-corrected chi connectivity index (χ0v) is 14.4. The molecule has 2 N–H and O–H groups in total. The van der Waals surface area contributed by atoms with Gasteiger partial charge in [0.25, 0.3) is 5.69 Å². The number of nitrogens with two attached hydrogens (primary N) is 1. The highest BCUT2D eigenvalue weighted by molar-refractivity contribution is 7.53. The Hall–Kier alpha value is -0.690. The molecule has 7 nitrogen and oxygen atoms in total. The van der Waals surface area contributed by atoms with Crippen molar-refractivity contribution in [3.8, 4) is 0 Å². The van der Waals surface area contributed by atoms with Crippen LogP contribution >= 0.6 is 30.9 Å². The number of hydrogen-bond donors (Lipinski definition) is 1. The van der Waals surface area contributed by atoms with Crippen molar-refractivity contribution in [2.24, 2.45) is 5.50 Å². The highest BCUT2D eigenvalue weighted by Crippen LogP contribution is 2.46. The minimum atomic E-state index is -3.56. The number of nitrogens with zero attached hydrogens (tertiary/aromatic N) is 2. The highest BCUT2D eigenvalue weighted by atomic mass is 35.5. The van der Waals surface area contributed by atoms with Crippen LogP contribution in [0.25, 0.3) is 0 Å². The van der Waals surface area contributed by atoms with E-state index in [9.17, 15) is 14.7 Å². The van der Waals surface area contributed by atoms with Crippen molar-refractivity contribution < 1.29 is 14.0 Å². The van der Waals surface area contributed by atoms with Gasteiger partial charge in [0.2, 0.25) is 0 Å². The van der Waals surface area contributed by atoms with Gasteiger partial charge in [0.15, 0.2) is 0 Å². The van der Waals surface area contributed by atoms with Crippen molar-refractivity contribution in [2.75, 3.05) is 24.8 Å². The van der Waals surface area contributed by atoms with Crippen molar-refractivity contribution in [3.63, 3.8) is 0 Å². The maximum absolute atomic E-state index is 12.5. The molecule has 0 saturated heterocycles. The molecule has 1 aromatic rings. The molecule has 0 spiro atoms. The topological polar surface area (TPSA) is 98.7 Å².